The highest BCUT2D eigenvalue weighted by Gasteiger charge is 2.23. The van der Waals surface area contributed by atoms with Gasteiger partial charge in [0.25, 0.3) is 5.56 Å². The molecule has 0 saturated carbocycles. The van der Waals surface area contributed by atoms with E-state index < -0.39 is 0 Å². The quantitative estimate of drug-likeness (QED) is 0.476. The van der Waals surface area contributed by atoms with Gasteiger partial charge in [0.2, 0.25) is 5.91 Å². The van der Waals surface area contributed by atoms with Crippen LogP contribution in [0.25, 0.3) is 0 Å². The molecule has 1 fully saturated rings. The molecule has 7 heteroatoms. The van der Waals surface area contributed by atoms with Crippen molar-refractivity contribution in [2.45, 2.75) is 24.3 Å². The standard InChI is InChI=1S/C24H26N4O2S/c1-18-21(23(30)26-24(25-18)31-17-19-8-4-2-5-9-19)16-22(29)28-14-12-27(13-15-28)20-10-6-3-7-11-20/h2-11H,12-17H2,1H3,(H,25,26,30). The number of benzene rings is 2. The van der Waals surface area contributed by atoms with Gasteiger partial charge in [0.15, 0.2) is 5.16 Å². The number of thioether (sulfide) groups is 1. The molecule has 1 aliphatic heterocycles. The summed E-state index contributed by atoms with van der Waals surface area (Å²) < 4.78 is 0. The first-order valence-corrected chi connectivity index (χ1v) is 11.4. The van der Waals surface area contributed by atoms with Gasteiger partial charge in [-0.3, -0.25) is 9.59 Å². The summed E-state index contributed by atoms with van der Waals surface area (Å²) in [4.78, 5) is 37.0. The molecule has 1 saturated heterocycles. The topological polar surface area (TPSA) is 69.3 Å². The van der Waals surface area contributed by atoms with Crippen molar-refractivity contribution in [3.05, 3.63) is 87.8 Å². The summed E-state index contributed by atoms with van der Waals surface area (Å²) in [6, 6.07) is 20.3. The number of amides is 1. The second-order valence-corrected chi connectivity index (χ2v) is 8.55. The van der Waals surface area contributed by atoms with Gasteiger partial charge >= 0.3 is 0 Å². The smallest absolute Gasteiger partial charge is 0.255 e. The lowest BCUT2D eigenvalue weighted by Crippen LogP contribution is -2.49. The number of nitrogens with one attached hydrogen (secondary N) is 1. The Morgan fingerprint density at radius 1 is 1.00 bits per heavy atom. The number of aromatic nitrogens is 2. The van der Waals surface area contributed by atoms with E-state index in [4.69, 9.17) is 0 Å². The zero-order valence-electron chi connectivity index (χ0n) is 17.6. The Kier molecular flexibility index (Phi) is 6.72. The SMILES string of the molecule is Cc1nc(SCc2ccccc2)[nH]c(=O)c1CC(=O)N1CCN(c2ccccc2)CC1. The predicted octanol–water partition coefficient (Wildman–Crippen LogP) is 3.26. The number of hydrogen-bond acceptors (Lipinski definition) is 5. The number of nitrogens with zero attached hydrogens (tertiary/aromatic N) is 3. The molecule has 3 aromatic rings. The highest BCUT2D eigenvalue weighted by atomic mass is 32.2. The number of para-hydroxylation sites is 1. The number of carbonyl (C=O) groups is 1. The molecule has 4 rings (SSSR count). The molecule has 0 unspecified atom stereocenters. The van der Waals surface area contributed by atoms with Crippen molar-refractivity contribution in [2.75, 3.05) is 31.1 Å². The number of carbonyl (C=O) groups excluding carboxylic acids is 1. The molecule has 31 heavy (non-hydrogen) atoms. The molecule has 160 valence electrons. The number of H-pyrrole nitrogens is 1. The first-order chi connectivity index (χ1) is 15.1. The summed E-state index contributed by atoms with van der Waals surface area (Å²) in [7, 11) is 0. The van der Waals surface area contributed by atoms with Crippen LogP contribution in [-0.2, 0) is 17.0 Å². The van der Waals surface area contributed by atoms with Gasteiger partial charge in [0.1, 0.15) is 0 Å². The molecule has 2 aromatic carbocycles. The number of aromatic amines is 1. The molecule has 0 atom stereocenters. The third-order valence-corrected chi connectivity index (χ3v) is 6.45. The Bertz CT molecular complexity index is 1080. The Labute approximate surface area is 186 Å². The van der Waals surface area contributed by atoms with Crippen LogP contribution in [0.2, 0.25) is 0 Å². The van der Waals surface area contributed by atoms with E-state index in [1.807, 2.05) is 53.4 Å². The lowest BCUT2D eigenvalue weighted by molar-refractivity contribution is -0.130. The average Bonchev–Trinajstić information content (AvgIpc) is 2.81. The highest BCUT2D eigenvalue weighted by Crippen LogP contribution is 2.19. The number of anilines is 1. The van der Waals surface area contributed by atoms with E-state index >= 15 is 0 Å². The summed E-state index contributed by atoms with van der Waals surface area (Å²) in [6.45, 7) is 4.70. The maximum atomic E-state index is 12.8. The van der Waals surface area contributed by atoms with Crippen molar-refractivity contribution in [3.63, 3.8) is 0 Å². The molecule has 1 aromatic heterocycles. The molecule has 0 bridgehead atoms. The van der Waals surface area contributed by atoms with Gasteiger partial charge in [-0.05, 0) is 24.6 Å². The fraction of sp³-hybridized carbons (Fsp3) is 0.292. The van der Waals surface area contributed by atoms with E-state index in [-0.39, 0.29) is 17.9 Å². The summed E-state index contributed by atoms with van der Waals surface area (Å²) in [5.41, 5.74) is 3.20. The molecule has 0 aliphatic carbocycles. The molecule has 1 aliphatic rings. The van der Waals surface area contributed by atoms with Crippen LogP contribution in [0.3, 0.4) is 0 Å². The Morgan fingerprint density at radius 2 is 1.65 bits per heavy atom. The Hall–Kier alpha value is -3.06. The molecular formula is C24H26N4O2S. The summed E-state index contributed by atoms with van der Waals surface area (Å²) >= 11 is 1.49. The zero-order valence-corrected chi connectivity index (χ0v) is 18.4. The fourth-order valence-corrected chi connectivity index (χ4v) is 4.57. The van der Waals surface area contributed by atoms with Crippen LogP contribution in [-0.4, -0.2) is 47.0 Å². The van der Waals surface area contributed by atoms with Gasteiger partial charge in [-0.25, -0.2) is 4.98 Å². The van der Waals surface area contributed by atoms with E-state index in [2.05, 4.69) is 27.0 Å². The van der Waals surface area contributed by atoms with Crippen molar-refractivity contribution < 1.29 is 4.79 Å². The van der Waals surface area contributed by atoms with Crippen molar-refractivity contribution in [1.29, 1.82) is 0 Å². The lowest BCUT2D eigenvalue weighted by Gasteiger charge is -2.36. The second-order valence-electron chi connectivity index (χ2n) is 7.59. The maximum absolute atomic E-state index is 12.8. The molecule has 0 spiro atoms. The van der Waals surface area contributed by atoms with E-state index in [0.717, 1.165) is 18.8 Å². The number of aryl methyl sites for hydroxylation is 1. The largest absolute Gasteiger partial charge is 0.368 e. The molecule has 2 heterocycles. The van der Waals surface area contributed by atoms with E-state index in [9.17, 15) is 9.59 Å². The van der Waals surface area contributed by atoms with Crippen molar-refractivity contribution in [2.24, 2.45) is 0 Å². The van der Waals surface area contributed by atoms with Crippen LogP contribution in [0.15, 0.2) is 70.6 Å². The van der Waals surface area contributed by atoms with Crippen LogP contribution >= 0.6 is 11.8 Å². The van der Waals surface area contributed by atoms with Crippen LogP contribution in [0.1, 0.15) is 16.8 Å². The van der Waals surface area contributed by atoms with Crippen LogP contribution in [0.4, 0.5) is 5.69 Å². The monoisotopic (exact) mass is 434 g/mol. The minimum Gasteiger partial charge on any atom is -0.368 e. The van der Waals surface area contributed by atoms with Crippen molar-refractivity contribution in [3.8, 4) is 0 Å². The van der Waals surface area contributed by atoms with Crippen LogP contribution < -0.4 is 10.5 Å². The molecule has 1 amide bonds. The second kappa shape index (κ2) is 9.83. The maximum Gasteiger partial charge on any atom is 0.255 e. The lowest BCUT2D eigenvalue weighted by atomic mass is 10.1. The number of piperazine rings is 1. The van der Waals surface area contributed by atoms with Gasteiger partial charge in [-0.2, -0.15) is 0 Å². The Morgan fingerprint density at radius 3 is 2.29 bits per heavy atom. The van der Waals surface area contributed by atoms with Gasteiger partial charge < -0.3 is 14.8 Å². The highest BCUT2D eigenvalue weighted by molar-refractivity contribution is 7.98. The minimum atomic E-state index is -0.223. The Balaban J connectivity index is 1.35. The normalized spacial score (nSPS) is 14.0. The van der Waals surface area contributed by atoms with Gasteiger partial charge in [-0.1, -0.05) is 60.3 Å². The molecule has 6 nitrogen and oxygen atoms in total. The number of hydrogen-bond donors (Lipinski definition) is 1. The predicted molar refractivity (Wildman–Crippen MR) is 125 cm³/mol. The zero-order chi connectivity index (χ0) is 21.6. The molecule has 1 N–H and O–H groups in total. The van der Waals surface area contributed by atoms with Gasteiger partial charge in [0.05, 0.1) is 6.42 Å². The molecular weight excluding hydrogens is 408 g/mol. The summed E-state index contributed by atoms with van der Waals surface area (Å²) in [5.74, 6) is 0.709. The first-order valence-electron chi connectivity index (χ1n) is 10.4. The third-order valence-electron chi connectivity index (χ3n) is 5.50. The van der Waals surface area contributed by atoms with E-state index in [1.165, 1.54) is 23.0 Å². The molecule has 0 radical (unpaired) electrons. The third kappa shape index (κ3) is 5.35. The van der Waals surface area contributed by atoms with E-state index in [1.54, 1.807) is 6.92 Å². The summed E-state index contributed by atoms with van der Waals surface area (Å²) in [5, 5.41) is 0.582. The van der Waals surface area contributed by atoms with Crippen molar-refractivity contribution >= 4 is 23.4 Å². The fourth-order valence-electron chi connectivity index (χ4n) is 3.70. The number of rotatable bonds is 6. The van der Waals surface area contributed by atoms with Gasteiger partial charge in [0, 0.05) is 48.9 Å². The van der Waals surface area contributed by atoms with Gasteiger partial charge in [-0.15, -0.1) is 0 Å². The first kappa shape index (κ1) is 21.2. The van der Waals surface area contributed by atoms with Crippen LogP contribution in [0.5, 0.6) is 0 Å². The summed E-state index contributed by atoms with van der Waals surface area (Å²) in [6.07, 6.45) is 0.0864. The average molecular weight is 435 g/mol. The van der Waals surface area contributed by atoms with Crippen LogP contribution in [0, 0.1) is 6.92 Å². The van der Waals surface area contributed by atoms with E-state index in [0.29, 0.717) is 29.5 Å². The van der Waals surface area contributed by atoms with Crippen molar-refractivity contribution in [1.82, 2.24) is 14.9 Å². The minimum absolute atomic E-state index is 0.0206.